The number of benzene rings is 1. The number of phenols is 1. The number of hydrogen-bond acceptors (Lipinski definition) is 2. The monoisotopic (exact) mass is 284 g/mol. The Morgan fingerprint density at radius 3 is 2.67 bits per heavy atom. The highest BCUT2D eigenvalue weighted by Gasteiger charge is 2.23. The lowest BCUT2D eigenvalue weighted by atomic mass is 9.89. The molecule has 1 aliphatic rings. The highest BCUT2D eigenvalue weighted by atomic mass is 16.3. The summed E-state index contributed by atoms with van der Waals surface area (Å²) >= 11 is 0. The fourth-order valence-corrected chi connectivity index (χ4v) is 2.45. The molecular weight excluding hydrogens is 268 g/mol. The smallest absolute Gasteiger partial charge is 0.283 e. The Kier molecular flexibility index (Phi) is 4.24. The van der Waals surface area contributed by atoms with Crippen molar-refractivity contribution < 1.29 is 9.90 Å². The van der Waals surface area contributed by atoms with Crippen LogP contribution in [0.25, 0.3) is 10.4 Å². The van der Waals surface area contributed by atoms with Gasteiger partial charge in [0.15, 0.2) is 11.6 Å². The number of aliphatic imine (C=N–C) groups is 1. The van der Waals surface area contributed by atoms with Crippen molar-refractivity contribution in [3.8, 4) is 5.75 Å². The van der Waals surface area contributed by atoms with Gasteiger partial charge in [0.25, 0.3) is 5.91 Å². The van der Waals surface area contributed by atoms with Gasteiger partial charge in [-0.05, 0) is 37.3 Å². The van der Waals surface area contributed by atoms with Crippen molar-refractivity contribution in [2.75, 3.05) is 0 Å². The predicted molar refractivity (Wildman–Crippen MR) is 81.0 cm³/mol. The van der Waals surface area contributed by atoms with E-state index in [1.54, 1.807) is 0 Å². The minimum Gasteiger partial charge on any atom is -0.507 e. The molecule has 5 N–H and O–H groups in total. The van der Waals surface area contributed by atoms with E-state index >= 15 is 0 Å². The Hall–Kier alpha value is -2.81. The first-order valence-corrected chi connectivity index (χ1v) is 6.61. The number of allylic oxidation sites excluding steroid dienone is 2. The maximum Gasteiger partial charge on any atom is 0.283 e. The number of rotatable bonds is 2. The molecule has 1 amide bonds. The summed E-state index contributed by atoms with van der Waals surface area (Å²) in [6.45, 7) is 7.27. The molecule has 6 heteroatoms. The SMILES string of the molecule is [C-]#[N+]c1ccc(O)c(C(=O)N=C(N)N)c1C1=CCCCC1. The zero-order chi connectivity index (χ0) is 15.4. The van der Waals surface area contributed by atoms with Crippen LogP contribution >= 0.6 is 0 Å². The van der Waals surface area contributed by atoms with Crippen molar-refractivity contribution in [1.29, 1.82) is 0 Å². The molecule has 1 aromatic rings. The first-order valence-electron chi connectivity index (χ1n) is 6.61. The summed E-state index contributed by atoms with van der Waals surface area (Å²) < 4.78 is 0. The van der Waals surface area contributed by atoms with Crippen molar-refractivity contribution in [2.45, 2.75) is 25.7 Å². The Morgan fingerprint density at radius 2 is 2.10 bits per heavy atom. The third-order valence-corrected chi connectivity index (χ3v) is 3.34. The minimum absolute atomic E-state index is 0.00921. The van der Waals surface area contributed by atoms with Crippen molar-refractivity contribution in [3.05, 3.63) is 40.8 Å². The second kappa shape index (κ2) is 6.09. The van der Waals surface area contributed by atoms with Gasteiger partial charge in [-0.1, -0.05) is 17.7 Å². The van der Waals surface area contributed by atoms with Gasteiger partial charge in [-0.25, -0.2) is 4.85 Å². The highest BCUT2D eigenvalue weighted by molar-refractivity contribution is 6.08. The lowest BCUT2D eigenvalue weighted by molar-refractivity contribution is 0.1000. The van der Waals surface area contributed by atoms with Crippen LogP contribution in [0.1, 0.15) is 41.6 Å². The lowest BCUT2D eigenvalue weighted by Crippen LogP contribution is -2.24. The summed E-state index contributed by atoms with van der Waals surface area (Å²) in [6.07, 6.45) is 5.70. The second-order valence-electron chi connectivity index (χ2n) is 4.78. The molecular formula is C15H16N4O2. The molecule has 21 heavy (non-hydrogen) atoms. The van der Waals surface area contributed by atoms with Crippen LogP contribution in [0.4, 0.5) is 5.69 Å². The van der Waals surface area contributed by atoms with Crippen LogP contribution in [0.5, 0.6) is 5.75 Å². The van der Waals surface area contributed by atoms with Crippen LogP contribution in [0.15, 0.2) is 23.2 Å². The van der Waals surface area contributed by atoms with Crippen molar-refractivity contribution in [2.24, 2.45) is 16.5 Å². The van der Waals surface area contributed by atoms with Crippen LogP contribution in [0, 0.1) is 6.57 Å². The summed E-state index contributed by atoms with van der Waals surface area (Å²) in [4.78, 5) is 19.1. The van der Waals surface area contributed by atoms with Gasteiger partial charge in [0.05, 0.1) is 12.1 Å². The van der Waals surface area contributed by atoms with E-state index in [-0.39, 0.29) is 17.3 Å². The van der Waals surface area contributed by atoms with Gasteiger partial charge in [0, 0.05) is 0 Å². The van der Waals surface area contributed by atoms with E-state index in [1.807, 2.05) is 6.08 Å². The summed E-state index contributed by atoms with van der Waals surface area (Å²) in [5.74, 6) is -1.34. The molecule has 0 unspecified atom stereocenters. The van der Waals surface area contributed by atoms with E-state index in [1.165, 1.54) is 12.1 Å². The third kappa shape index (κ3) is 3.03. The zero-order valence-corrected chi connectivity index (χ0v) is 11.5. The summed E-state index contributed by atoms with van der Waals surface area (Å²) in [5, 5.41) is 10.0. The van der Waals surface area contributed by atoms with E-state index in [9.17, 15) is 9.90 Å². The Morgan fingerprint density at radius 1 is 1.33 bits per heavy atom. The molecule has 2 rings (SSSR count). The van der Waals surface area contributed by atoms with Crippen LogP contribution < -0.4 is 11.5 Å². The molecule has 0 aliphatic heterocycles. The number of carbonyl (C=O) groups excluding carboxylic acids is 1. The number of nitrogens with two attached hydrogens (primary N) is 2. The number of hydrogen-bond donors (Lipinski definition) is 3. The fourth-order valence-electron chi connectivity index (χ4n) is 2.45. The molecule has 0 bridgehead atoms. The molecule has 0 spiro atoms. The lowest BCUT2D eigenvalue weighted by Gasteiger charge is -2.17. The van der Waals surface area contributed by atoms with Crippen LogP contribution in [-0.4, -0.2) is 17.0 Å². The molecule has 0 saturated carbocycles. The quantitative estimate of drug-likeness (QED) is 0.440. The van der Waals surface area contributed by atoms with E-state index in [0.29, 0.717) is 11.3 Å². The molecule has 6 nitrogen and oxygen atoms in total. The topological polar surface area (TPSA) is 106 Å². The standard InChI is InChI=1S/C15H16N4O2/c1-18-10-7-8-11(20)13(14(21)19-15(16)17)12(10)9-5-3-2-4-6-9/h5,7-8,20H,2-4,6H2,(H4,16,17,19,21). The van der Waals surface area contributed by atoms with E-state index in [0.717, 1.165) is 31.3 Å². The maximum absolute atomic E-state index is 12.2. The largest absolute Gasteiger partial charge is 0.507 e. The summed E-state index contributed by atoms with van der Waals surface area (Å²) in [7, 11) is 0. The van der Waals surface area contributed by atoms with Gasteiger partial charge in [-0.15, -0.1) is 0 Å². The summed E-state index contributed by atoms with van der Waals surface area (Å²) in [5.41, 5.74) is 12.1. The van der Waals surface area contributed by atoms with Gasteiger partial charge < -0.3 is 16.6 Å². The van der Waals surface area contributed by atoms with Crippen LogP contribution in [0.2, 0.25) is 0 Å². The number of phenolic OH excluding ortho intramolecular Hbond substituents is 1. The number of amides is 1. The Balaban J connectivity index is 2.68. The average molecular weight is 284 g/mol. The van der Waals surface area contributed by atoms with Gasteiger partial charge in [-0.2, -0.15) is 4.99 Å². The van der Waals surface area contributed by atoms with E-state index in [4.69, 9.17) is 18.0 Å². The van der Waals surface area contributed by atoms with Gasteiger partial charge in [0.1, 0.15) is 5.75 Å². The van der Waals surface area contributed by atoms with Crippen LogP contribution in [0.3, 0.4) is 0 Å². The van der Waals surface area contributed by atoms with Gasteiger partial charge in [0.2, 0.25) is 0 Å². The Bertz CT molecular complexity index is 680. The number of aromatic hydroxyl groups is 1. The molecule has 0 saturated heterocycles. The van der Waals surface area contributed by atoms with E-state index < -0.39 is 5.91 Å². The normalized spacial score (nSPS) is 14.0. The average Bonchev–Trinajstić information content (AvgIpc) is 2.46. The van der Waals surface area contributed by atoms with Crippen molar-refractivity contribution in [1.82, 2.24) is 0 Å². The number of carbonyl (C=O) groups is 1. The molecule has 108 valence electrons. The van der Waals surface area contributed by atoms with Crippen molar-refractivity contribution >= 4 is 23.1 Å². The molecule has 0 fully saturated rings. The van der Waals surface area contributed by atoms with E-state index in [2.05, 4.69) is 9.84 Å². The highest BCUT2D eigenvalue weighted by Crippen LogP contribution is 2.39. The second-order valence-corrected chi connectivity index (χ2v) is 4.78. The predicted octanol–water partition coefficient (Wildman–Crippen LogP) is 2.31. The van der Waals surface area contributed by atoms with Crippen molar-refractivity contribution in [3.63, 3.8) is 0 Å². The molecule has 1 aliphatic carbocycles. The first kappa shape index (κ1) is 14.6. The first-order chi connectivity index (χ1) is 10.0. The molecule has 0 heterocycles. The minimum atomic E-state index is -0.737. The van der Waals surface area contributed by atoms with Gasteiger partial charge in [-0.3, -0.25) is 4.79 Å². The molecule has 1 aromatic carbocycles. The van der Waals surface area contributed by atoms with Crippen LogP contribution in [-0.2, 0) is 0 Å². The maximum atomic E-state index is 12.2. The number of nitrogens with zero attached hydrogens (tertiary/aromatic N) is 2. The van der Waals surface area contributed by atoms with Gasteiger partial charge >= 0.3 is 0 Å². The summed E-state index contributed by atoms with van der Waals surface area (Å²) in [6, 6.07) is 2.81. The molecule has 0 radical (unpaired) electrons. The zero-order valence-electron chi connectivity index (χ0n) is 11.5. The Labute approximate surface area is 122 Å². The molecule has 0 aromatic heterocycles. The third-order valence-electron chi connectivity index (χ3n) is 3.34. The molecule has 0 atom stereocenters. The fraction of sp³-hybridized carbons (Fsp3) is 0.267. The number of guanidine groups is 1.